The molecule has 0 aromatic carbocycles. The van der Waals surface area contributed by atoms with Crippen LogP contribution in [0.4, 0.5) is 0 Å². The maximum Gasteiger partial charge on any atom is 0.320 e. The standard InChI is InChI=1S/C16H23N3O2/c1-14-5-2-8-17(11-14)12-19(10-4-7-16(19)21)13-18-9-3-6-15(18)20/h2,5,8,11H,3-4,6-7,9-10,12-13H2,1H3/q+2. The number of aryl methyl sites for hydroxylation is 1. The molecule has 1 aromatic rings. The van der Waals surface area contributed by atoms with Gasteiger partial charge in [-0.2, -0.15) is 9.05 Å². The van der Waals surface area contributed by atoms with Crippen molar-refractivity contribution in [2.24, 2.45) is 0 Å². The number of carbonyl (C=O) groups excluding carboxylic acids is 2. The van der Waals surface area contributed by atoms with Crippen LogP contribution in [-0.4, -0.2) is 41.0 Å². The number of nitrogens with zero attached hydrogens (tertiary/aromatic N) is 3. The third kappa shape index (κ3) is 2.83. The molecule has 1 aromatic heterocycles. The van der Waals surface area contributed by atoms with E-state index in [9.17, 15) is 9.59 Å². The Labute approximate surface area is 125 Å². The fourth-order valence-electron chi connectivity index (χ4n) is 3.47. The summed E-state index contributed by atoms with van der Waals surface area (Å²) in [5.74, 6) is 0.463. The van der Waals surface area contributed by atoms with Crippen LogP contribution >= 0.6 is 0 Å². The van der Waals surface area contributed by atoms with Crippen LogP contribution in [0.3, 0.4) is 0 Å². The summed E-state index contributed by atoms with van der Waals surface area (Å²) in [6, 6.07) is 4.06. The van der Waals surface area contributed by atoms with Crippen molar-refractivity contribution in [3.05, 3.63) is 30.1 Å². The highest BCUT2D eigenvalue weighted by Crippen LogP contribution is 2.24. The summed E-state index contributed by atoms with van der Waals surface area (Å²) in [7, 11) is 0. The van der Waals surface area contributed by atoms with Gasteiger partial charge in [0.25, 0.3) is 6.67 Å². The summed E-state index contributed by atoms with van der Waals surface area (Å²) in [6.07, 6.45) is 7.18. The lowest BCUT2D eigenvalue weighted by Gasteiger charge is -2.31. The third-order valence-corrected chi connectivity index (χ3v) is 4.56. The van der Waals surface area contributed by atoms with E-state index in [0.29, 0.717) is 30.7 Å². The van der Waals surface area contributed by atoms with Gasteiger partial charge >= 0.3 is 5.91 Å². The van der Waals surface area contributed by atoms with Crippen molar-refractivity contribution in [2.75, 3.05) is 19.8 Å². The highest BCUT2D eigenvalue weighted by Gasteiger charge is 2.46. The maximum atomic E-state index is 12.5. The molecule has 2 saturated heterocycles. The first kappa shape index (κ1) is 14.2. The minimum absolute atomic E-state index is 0.196. The largest absolute Gasteiger partial charge is 0.320 e. The monoisotopic (exact) mass is 289 g/mol. The SMILES string of the molecule is Cc1ccc[n+](C[N+]2(CN3CCCC3=O)CCCC2=O)c1. The van der Waals surface area contributed by atoms with Crippen molar-refractivity contribution in [3.63, 3.8) is 0 Å². The van der Waals surface area contributed by atoms with Crippen molar-refractivity contribution < 1.29 is 18.6 Å². The average Bonchev–Trinajstić information content (AvgIpc) is 2.98. The van der Waals surface area contributed by atoms with Gasteiger partial charge in [-0.1, -0.05) is 0 Å². The zero-order valence-electron chi connectivity index (χ0n) is 12.6. The molecule has 2 aliphatic heterocycles. The molecule has 21 heavy (non-hydrogen) atoms. The molecule has 2 fully saturated rings. The Balaban J connectivity index is 1.83. The van der Waals surface area contributed by atoms with E-state index in [1.807, 2.05) is 17.2 Å². The number of hydrogen-bond donors (Lipinski definition) is 0. The minimum atomic E-state index is 0.196. The fourth-order valence-corrected chi connectivity index (χ4v) is 3.47. The summed E-state index contributed by atoms with van der Waals surface area (Å²) >= 11 is 0. The van der Waals surface area contributed by atoms with Crippen molar-refractivity contribution in [1.82, 2.24) is 4.90 Å². The zero-order valence-corrected chi connectivity index (χ0v) is 12.6. The topological polar surface area (TPSA) is 41.3 Å². The Kier molecular flexibility index (Phi) is 3.76. The highest BCUT2D eigenvalue weighted by molar-refractivity contribution is 5.78. The molecule has 5 heteroatoms. The smallest absolute Gasteiger partial charge is 0.295 e. The maximum absolute atomic E-state index is 12.5. The molecule has 3 heterocycles. The average molecular weight is 289 g/mol. The van der Waals surface area contributed by atoms with Gasteiger partial charge in [-0.15, -0.1) is 0 Å². The molecule has 2 amide bonds. The molecule has 2 aliphatic rings. The van der Waals surface area contributed by atoms with Crippen LogP contribution in [0.5, 0.6) is 0 Å². The van der Waals surface area contributed by atoms with E-state index in [-0.39, 0.29) is 11.8 Å². The van der Waals surface area contributed by atoms with Gasteiger partial charge in [-0.3, -0.25) is 9.69 Å². The highest BCUT2D eigenvalue weighted by atomic mass is 16.2. The lowest BCUT2D eigenvalue weighted by atomic mass is 10.3. The van der Waals surface area contributed by atoms with Gasteiger partial charge in [0.2, 0.25) is 5.91 Å². The van der Waals surface area contributed by atoms with Gasteiger partial charge in [0.05, 0.1) is 13.0 Å². The van der Waals surface area contributed by atoms with E-state index in [2.05, 4.69) is 23.8 Å². The summed E-state index contributed by atoms with van der Waals surface area (Å²) in [5, 5.41) is 0. The van der Waals surface area contributed by atoms with Crippen LogP contribution in [0.2, 0.25) is 0 Å². The lowest BCUT2D eigenvalue weighted by Crippen LogP contribution is -2.61. The molecule has 0 aliphatic carbocycles. The van der Waals surface area contributed by atoms with Gasteiger partial charge < -0.3 is 0 Å². The molecule has 3 rings (SSSR count). The van der Waals surface area contributed by atoms with E-state index in [4.69, 9.17) is 0 Å². The molecule has 0 bridgehead atoms. The van der Waals surface area contributed by atoms with E-state index in [0.717, 1.165) is 25.9 Å². The number of carbonyl (C=O) groups is 2. The molecule has 0 radical (unpaired) electrons. The minimum Gasteiger partial charge on any atom is -0.295 e. The van der Waals surface area contributed by atoms with Crippen LogP contribution in [0.25, 0.3) is 0 Å². The quantitative estimate of drug-likeness (QED) is 0.612. The van der Waals surface area contributed by atoms with Gasteiger partial charge in [0.15, 0.2) is 19.1 Å². The molecule has 0 spiro atoms. The van der Waals surface area contributed by atoms with Crippen molar-refractivity contribution >= 4 is 11.8 Å². The van der Waals surface area contributed by atoms with Crippen molar-refractivity contribution in [1.29, 1.82) is 0 Å². The number of aromatic nitrogens is 1. The molecular weight excluding hydrogens is 266 g/mol. The Bertz CT molecular complexity index is 572. The van der Waals surface area contributed by atoms with Crippen molar-refractivity contribution in [2.45, 2.75) is 39.3 Å². The van der Waals surface area contributed by atoms with Crippen LogP contribution < -0.4 is 4.57 Å². The van der Waals surface area contributed by atoms with E-state index in [1.165, 1.54) is 5.56 Å². The molecule has 0 saturated carbocycles. The second-order valence-electron chi connectivity index (χ2n) is 6.31. The molecule has 5 nitrogen and oxygen atoms in total. The van der Waals surface area contributed by atoms with Gasteiger partial charge in [0, 0.05) is 31.0 Å². The fraction of sp³-hybridized carbons (Fsp3) is 0.562. The second-order valence-corrected chi connectivity index (χ2v) is 6.31. The Morgan fingerprint density at radius 1 is 1.29 bits per heavy atom. The van der Waals surface area contributed by atoms with E-state index in [1.54, 1.807) is 0 Å². The molecule has 1 unspecified atom stereocenters. The number of pyridine rings is 1. The molecule has 0 N–H and O–H groups in total. The predicted molar refractivity (Wildman–Crippen MR) is 76.6 cm³/mol. The van der Waals surface area contributed by atoms with Gasteiger partial charge in [0.1, 0.15) is 0 Å². The summed E-state index contributed by atoms with van der Waals surface area (Å²) in [5.41, 5.74) is 1.18. The first-order chi connectivity index (χ1) is 10.1. The van der Waals surface area contributed by atoms with E-state index >= 15 is 0 Å². The van der Waals surface area contributed by atoms with Crippen LogP contribution in [-0.2, 0) is 16.3 Å². The van der Waals surface area contributed by atoms with Crippen molar-refractivity contribution in [3.8, 4) is 0 Å². The second kappa shape index (κ2) is 5.56. The summed E-state index contributed by atoms with van der Waals surface area (Å²) in [4.78, 5) is 26.3. The molecule has 1 atom stereocenters. The number of amides is 2. The zero-order chi connectivity index (χ0) is 14.9. The number of quaternary nitrogens is 1. The number of hydrogen-bond acceptors (Lipinski definition) is 2. The number of likely N-dealkylation sites (tertiary alicyclic amines) is 2. The van der Waals surface area contributed by atoms with E-state index < -0.39 is 0 Å². The molecular formula is C16H23N3O2+2. The van der Waals surface area contributed by atoms with Crippen LogP contribution in [0.15, 0.2) is 24.5 Å². The molecule has 112 valence electrons. The Morgan fingerprint density at radius 2 is 2.14 bits per heavy atom. The Hall–Kier alpha value is -1.75. The van der Waals surface area contributed by atoms with Gasteiger partial charge in [-0.05, 0) is 19.4 Å². The number of rotatable bonds is 4. The Morgan fingerprint density at radius 3 is 2.76 bits per heavy atom. The first-order valence-electron chi connectivity index (χ1n) is 7.72. The van der Waals surface area contributed by atoms with Gasteiger partial charge in [-0.25, -0.2) is 4.79 Å². The van der Waals surface area contributed by atoms with Crippen LogP contribution in [0, 0.1) is 6.92 Å². The summed E-state index contributed by atoms with van der Waals surface area (Å²) < 4.78 is 2.47. The third-order valence-electron chi connectivity index (χ3n) is 4.56. The first-order valence-corrected chi connectivity index (χ1v) is 7.72. The normalized spacial score (nSPS) is 25.9. The van der Waals surface area contributed by atoms with Crippen LogP contribution in [0.1, 0.15) is 31.2 Å². The summed E-state index contributed by atoms with van der Waals surface area (Å²) in [6.45, 7) is 4.85. The predicted octanol–water partition coefficient (Wildman–Crippen LogP) is 0.957. The lowest BCUT2D eigenvalue weighted by molar-refractivity contribution is -1.00.